The van der Waals surface area contributed by atoms with Gasteiger partial charge in [-0.15, -0.1) is 0 Å². The number of rotatable bonds is 4. The Bertz CT molecular complexity index is 829. The maximum atomic E-state index is 13.9. The van der Waals surface area contributed by atoms with Crippen molar-refractivity contribution in [3.05, 3.63) is 47.5 Å². The zero-order chi connectivity index (χ0) is 19.1. The molecule has 140 valence electrons. The highest BCUT2D eigenvalue weighted by molar-refractivity contribution is 5.84. The van der Waals surface area contributed by atoms with Gasteiger partial charge in [0.05, 0.1) is 0 Å². The van der Waals surface area contributed by atoms with Crippen LogP contribution < -0.4 is 5.43 Å². The van der Waals surface area contributed by atoms with Gasteiger partial charge < -0.3 is 0 Å². The van der Waals surface area contributed by atoms with Gasteiger partial charge in [-0.3, -0.25) is 10.2 Å². The minimum atomic E-state index is -4.51. The summed E-state index contributed by atoms with van der Waals surface area (Å²) in [6, 6.07) is 8.77. The lowest BCUT2D eigenvalue weighted by molar-refractivity contribution is -0.203. The molecule has 1 fully saturated rings. The molecule has 1 N–H and O–H groups in total. The van der Waals surface area contributed by atoms with Crippen molar-refractivity contribution in [1.82, 2.24) is 10.4 Å². The van der Waals surface area contributed by atoms with Crippen molar-refractivity contribution in [3.8, 4) is 0 Å². The lowest BCUT2D eigenvalue weighted by atomic mass is 9.95. The Balaban J connectivity index is 2.04. The summed E-state index contributed by atoms with van der Waals surface area (Å²) in [6.45, 7) is 5.37. The molecule has 26 heavy (non-hydrogen) atoms. The minimum absolute atomic E-state index is 0.0353. The summed E-state index contributed by atoms with van der Waals surface area (Å²) in [6.07, 6.45) is -2.52. The van der Waals surface area contributed by atoms with Gasteiger partial charge in [0, 0.05) is 12.0 Å². The highest BCUT2D eigenvalue weighted by atomic mass is 19.4. The lowest BCUT2D eigenvalue weighted by Crippen LogP contribution is -2.51. The van der Waals surface area contributed by atoms with E-state index in [0.29, 0.717) is 0 Å². The van der Waals surface area contributed by atoms with Crippen LogP contribution in [0.25, 0.3) is 10.8 Å². The molecule has 0 aromatic heterocycles. The third kappa shape index (κ3) is 3.56. The average molecular weight is 364 g/mol. The Hall–Kier alpha value is -2.08. The number of halogens is 3. The molecule has 1 saturated heterocycles. The van der Waals surface area contributed by atoms with Gasteiger partial charge in [-0.05, 0) is 48.2 Å². The first-order chi connectivity index (χ1) is 12.1. The predicted molar refractivity (Wildman–Crippen MR) is 95.4 cm³/mol. The molecule has 0 spiro atoms. The molecule has 0 radical (unpaired) electrons. The molecule has 0 saturated carbocycles. The highest BCUT2D eigenvalue weighted by Gasteiger charge is 2.52. The summed E-state index contributed by atoms with van der Waals surface area (Å²) in [7, 11) is 0. The van der Waals surface area contributed by atoms with Crippen LogP contribution in [-0.2, 0) is 11.2 Å². The number of nitrogens with one attached hydrogen (secondary N) is 1. The number of hydrogen-bond donors (Lipinski definition) is 1. The van der Waals surface area contributed by atoms with Crippen LogP contribution in [0.4, 0.5) is 13.2 Å². The molecule has 3 rings (SSSR count). The molecule has 2 aromatic carbocycles. The second-order valence-corrected chi connectivity index (χ2v) is 7.53. The summed E-state index contributed by atoms with van der Waals surface area (Å²) in [5.74, 6) is -0.394. The van der Waals surface area contributed by atoms with Crippen molar-refractivity contribution in [1.29, 1.82) is 0 Å². The highest BCUT2D eigenvalue weighted by Crippen LogP contribution is 2.43. The van der Waals surface area contributed by atoms with Crippen LogP contribution in [0.15, 0.2) is 36.4 Å². The molecule has 2 aromatic rings. The molecule has 3 nitrogen and oxygen atoms in total. The van der Waals surface area contributed by atoms with Crippen LogP contribution in [0.2, 0.25) is 0 Å². The second kappa shape index (κ2) is 6.58. The fraction of sp³-hybridized carbons (Fsp3) is 0.450. The van der Waals surface area contributed by atoms with Crippen LogP contribution in [-0.4, -0.2) is 22.6 Å². The van der Waals surface area contributed by atoms with E-state index in [9.17, 15) is 18.0 Å². The molecule has 1 aliphatic rings. The Labute approximate surface area is 151 Å². The van der Waals surface area contributed by atoms with E-state index in [1.165, 1.54) is 11.6 Å². The topological polar surface area (TPSA) is 32.3 Å². The van der Waals surface area contributed by atoms with E-state index < -0.39 is 23.7 Å². The van der Waals surface area contributed by atoms with E-state index in [2.05, 4.69) is 12.3 Å². The maximum Gasteiger partial charge on any atom is 0.409 e. The molecule has 1 atom stereocenters. The van der Waals surface area contributed by atoms with Gasteiger partial charge in [0.1, 0.15) is 0 Å². The molecular weight excluding hydrogens is 341 g/mol. The number of hydrazine groups is 1. The number of carbonyl (C=O) groups excluding carboxylic acids is 1. The third-order valence-electron chi connectivity index (χ3n) is 4.84. The maximum absolute atomic E-state index is 13.9. The standard InChI is InChI=1S/C20H23F3N2O/c1-4-5-13-6-7-15-11-16(9-8-14(15)10-13)18(20(21,22)23)25-19(2,3)12-17(26)24-25/h6-11,18H,4-5,12H2,1-3H3,(H,24,26)/t18-/m0/s1. The van der Waals surface area contributed by atoms with Gasteiger partial charge in [0.15, 0.2) is 6.04 Å². The number of benzene rings is 2. The number of nitrogens with zero attached hydrogens (tertiary/aromatic N) is 1. The first kappa shape index (κ1) is 18.7. The molecule has 0 aliphatic carbocycles. The Morgan fingerprint density at radius 2 is 1.81 bits per heavy atom. The number of aryl methyl sites for hydroxylation is 1. The number of amides is 1. The quantitative estimate of drug-likeness (QED) is 0.836. The lowest BCUT2D eigenvalue weighted by Gasteiger charge is -2.38. The van der Waals surface area contributed by atoms with Crippen molar-refractivity contribution in [3.63, 3.8) is 0 Å². The summed E-state index contributed by atoms with van der Waals surface area (Å²) >= 11 is 0. The summed E-state index contributed by atoms with van der Waals surface area (Å²) in [4.78, 5) is 11.7. The van der Waals surface area contributed by atoms with Crippen LogP contribution in [0, 0.1) is 0 Å². The number of alkyl halides is 3. The van der Waals surface area contributed by atoms with Gasteiger partial charge in [0.2, 0.25) is 5.91 Å². The van der Waals surface area contributed by atoms with E-state index in [-0.39, 0.29) is 12.0 Å². The van der Waals surface area contributed by atoms with Gasteiger partial charge in [-0.2, -0.15) is 18.2 Å². The number of hydrogen-bond acceptors (Lipinski definition) is 2. The molecule has 1 amide bonds. The molecule has 0 bridgehead atoms. The Morgan fingerprint density at radius 1 is 1.15 bits per heavy atom. The van der Waals surface area contributed by atoms with Crippen molar-refractivity contribution in [2.75, 3.05) is 0 Å². The van der Waals surface area contributed by atoms with E-state index >= 15 is 0 Å². The minimum Gasteiger partial charge on any atom is -0.287 e. The molecular formula is C20H23F3N2O. The first-order valence-electron chi connectivity index (χ1n) is 8.80. The van der Waals surface area contributed by atoms with Crippen molar-refractivity contribution in [2.45, 2.75) is 57.8 Å². The zero-order valence-electron chi connectivity index (χ0n) is 15.2. The van der Waals surface area contributed by atoms with Gasteiger partial charge in [0.25, 0.3) is 0 Å². The van der Waals surface area contributed by atoms with E-state index in [1.807, 2.05) is 18.2 Å². The number of fused-ring (bicyclic) bond motifs is 1. The Kier molecular flexibility index (Phi) is 4.73. The third-order valence-corrected chi connectivity index (χ3v) is 4.84. The molecule has 6 heteroatoms. The molecule has 1 aliphatic heterocycles. The molecule has 0 unspecified atom stereocenters. The van der Waals surface area contributed by atoms with E-state index in [4.69, 9.17) is 0 Å². The fourth-order valence-electron chi connectivity index (χ4n) is 3.63. The Morgan fingerprint density at radius 3 is 2.38 bits per heavy atom. The summed E-state index contributed by atoms with van der Waals surface area (Å²) < 4.78 is 41.7. The second-order valence-electron chi connectivity index (χ2n) is 7.53. The zero-order valence-corrected chi connectivity index (χ0v) is 15.2. The average Bonchev–Trinajstić information content (AvgIpc) is 2.79. The van der Waals surface area contributed by atoms with Crippen molar-refractivity contribution in [2.24, 2.45) is 0 Å². The van der Waals surface area contributed by atoms with Crippen LogP contribution >= 0.6 is 0 Å². The summed E-state index contributed by atoms with van der Waals surface area (Å²) in [5, 5.41) is 2.73. The monoisotopic (exact) mass is 364 g/mol. The van der Waals surface area contributed by atoms with E-state index in [0.717, 1.165) is 28.6 Å². The van der Waals surface area contributed by atoms with Crippen LogP contribution in [0.1, 0.15) is 50.8 Å². The van der Waals surface area contributed by atoms with E-state index in [1.54, 1.807) is 26.0 Å². The van der Waals surface area contributed by atoms with Gasteiger partial charge in [-0.1, -0.05) is 43.7 Å². The van der Waals surface area contributed by atoms with Crippen LogP contribution in [0.5, 0.6) is 0 Å². The predicted octanol–water partition coefficient (Wildman–Crippen LogP) is 4.91. The van der Waals surface area contributed by atoms with Gasteiger partial charge in [-0.25, -0.2) is 0 Å². The fourth-order valence-corrected chi connectivity index (χ4v) is 3.63. The molecule has 1 heterocycles. The van der Waals surface area contributed by atoms with Crippen molar-refractivity contribution >= 4 is 16.7 Å². The first-order valence-corrected chi connectivity index (χ1v) is 8.80. The summed E-state index contributed by atoms with van der Waals surface area (Å²) in [5.41, 5.74) is 2.78. The smallest absolute Gasteiger partial charge is 0.287 e. The van der Waals surface area contributed by atoms with Crippen LogP contribution in [0.3, 0.4) is 0 Å². The normalized spacial score (nSPS) is 18.9. The van der Waals surface area contributed by atoms with Crippen molar-refractivity contribution < 1.29 is 18.0 Å². The van der Waals surface area contributed by atoms with Gasteiger partial charge >= 0.3 is 6.18 Å². The number of carbonyl (C=O) groups is 1. The SMILES string of the molecule is CCCc1ccc2cc([C@H](N3NC(=O)CC3(C)C)C(F)(F)F)ccc2c1. The largest absolute Gasteiger partial charge is 0.409 e.